The van der Waals surface area contributed by atoms with Gasteiger partial charge in [-0.2, -0.15) is 0 Å². The molecule has 3 heteroatoms. The molecule has 88 valence electrons. The van der Waals surface area contributed by atoms with E-state index in [2.05, 4.69) is 32.6 Å². The van der Waals surface area contributed by atoms with E-state index in [4.69, 9.17) is 5.11 Å². The molecule has 1 rings (SSSR count). The van der Waals surface area contributed by atoms with Crippen LogP contribution in [0, 0.1) is 5.92 Å². The molecule has 2 atom stereocenters. The van der Waals surface area contributed by atoms with Crippen LogP contribution in [0.15, 0.2) is 0 Å². The van der Waals surface area contributed by atoms with Crippen molar-refractivity contribution >= 4 is 5.97 Å². The van der Waals surface area contributed by atoms with E-state index in [0.717, 1.165) is 6.42 Å². The summed E-state index contributed by atoms with van der Waals surface area (Å²) in [5.74, 6) is -0.0902. The van der Waals surface area contributed by atoms with E-state index in [1.165, 1.54) is 12.8 Å². The molecule has 1 aliphatic carbocycles. The average molecular weight is 213 g/mol. The minimum Gasteiger partial charge on any atom is -0.480 e. The maximum Gasteiger partial charge on any atom is 0.317 e. The second kappa shape index (κ2) is 4.52. The summed E-state index contributed by atoms with van der Waals surface area (Å²) in [6, 6.07) is 0.445. The Morgan fingerprint density at radius 2 is 2.00 bits per heavy atom. The van der Waals surface area contributed by atoms with Crippen molar-refractivity contribution in [3.05, 3.63) is 0 Å². The molecule has 3 nitrogen and oxygen atoms in total. The largest absolute Gasteiger partial charge is 0.480 e. The van der Waals surface area contributed by atoms with E-state index in [0.29, 0.717) is 12.0 Å². The fourth-order valence-electron chi connectivity index (χ4n) is 2.59. The van der Waals surface area contributed by atoms with E-state index in [9.17, 15) is 4.79 Å². The number of aliphatic carboxylic acids is 1. The molecule has 0 aromatic heterocycles. The predicted octanol–water partition coefficient (Wildman–Crippen LogP) is 2.36. The molecule has 0 aromatic rings. The second-order valence-electron chi connectivity index (χ2n) is 5.67. The molecule has 1 saturated carbocycles. The standard InChI is InChI=1S/C12H23NO2/c1-9-6-5-7-10(9)13(8-11(14)15)12(2,3)4/h9-10H,5-8H2,1-4H3,(H,14,15). The van der Waals surface area contributed by atoms with Gasteiger partial charge in [0.15, 0.2) is 0 Å². The van der Waals surface area contributed by atoms with Gasteiger partial charge < -0.3 is 5.11 Å². The van der Waals surface area contributed by atoms with E-state index < -0.39 is 5.97 Å². The fourth-order valence-corrected chi connectivity index (χ4v) is 2.59. The summed E-state index contributed by atoms with van der Waals surface area (Å²) in [7, 11) is 0. The maximum absolute atomic E-state index is 10.9. The summed E-state index contributed by atoms with van der Waals surface area (Å²) in [5, 5.41) is 8.95. The zero-order chi connectivity index (χ0) is 11.6. The Hall–Kier alpha value is -0.570. The maximum atomic E-state index is 10.9. The van der Waals surface area contributed by atoms with Gasteiger partial charge in [-0.1, -0.05) is 13.3 Å². The highest BCUT2D eigenvalue weighted by molar-refractivity contribution is 5.69. The van der Waals surface area contributed by atoms with Gasteiger partial charge >= 0.3 is 5.97 Å². The summed E-state index contributed by atoms with van der Waals surface area (Å²) in [5.41, 5.74) is -0.0539. The Labute approximate surface area is 92.5 Å². The van der Waals surface area contributed by atoms with Crippen molar-refractivity contribution in [2.24, 2.45) is 5.92 Å². The molecule has 0 aliphatic heterocycles. The molecule has 0 bridgehead atoms. The zero-order valence-electron chi connectivity index (χ0n) is 10.3. The monoisotopic (exact) mass is 213 g/mol. The van der Waals surface area contributed by atoms with Gasteiger partial charge in [0.25, 0.3) is 0 Å². The van der Waals surface area contributed by atoms with Gasteiger partial charge in [0.1, 0.15) is 0 Å². The van der Waals surface area contributed by atoms with Crippen LogP contribution in [0.5, 0.6) is 0 Å². The van der Waals surface area contributed by atoms with E-state index in [1.54, 1.807) is 0 Å². The van der Waals surface area contributed by atoms with Crippen molar-refractivity contribution in [1.29, 1.82) is 0 Å². The van der Waals surface area contributed by atoms with Crippen molar-refractivity contribution in [3.8, 4) is 0 Å². The van der Waals surface area contributed by atoms with Crippen LogP contribution in [0.3, 0.4) is 0 Å². The van der Waals surface area contributed by atoms with Crippen molar-refractivity contribution in [2.75, 3.05) is 6.54 Å². The molecule has 0 heterocycles. The number of carbonyl (C=O) groups is 1. The quantitative estimate of drug-likeness (QED) is 0.782. The lowest BCUT2D eigenvalue weighted by Crippen LogP contribution is -2.51. The van der Waals surface area contributed by atoms with Crippen LogP contribution >= 0.6 is 0 Å². The first-order chi connectivity index (χ1) is 6.82. The number of carboxylic acid groups (broad SMARTS) is 1. The van der Waals surface area contributed by atoms with Gasteiger partial charge in [0.2, 0.25) is 0 Å². The molecule has 1 fully saturated rings. The van der Waals surface area contributed by atoms with E-state index in [-0.39, 0.29) is 12.1 Å². The Morgan fingerprint density at radius 1 is 1.40 bits per heavy atom. The van der Waals surface area contributed by atoms with Gasteiger partial charge in [-0.15, -0.1) is 0 Å². The molecule has 0 amide bonds. The van der Waals surface area contributed by atoms with Crippen LogP contribution in [-0.4, -0.2) is 34.1 Å². The molecule has 0 saturated heterocycles. The highest BCUT2D eigenvalue weighted by atomic mass is 16.4. The molecule has 1 N–H and O–H groups in total. The summed E-state index contributed by atoms with van der Waals surface area (Å²) in [6.07, 6.45) is 3.61. The smallest absolute Gasteiger partial charge is 0.317 e. The fraction of sp³-hybridized carbons (Fsp3) is 0.917. The second-order valence-corrected chi connectivity index (χ2v) is 5.67. The lowest BCUT2D eigenvalue weighted by atomic mass is 9.97. The summed E-state index contributed by atoms with van der Waals surface area (Å²) >= 11 is 0. The third kappa shape index (κ3) is 3.20. The van der Waals surface area contributed by atoms with Gasteiger partial charge in [-0.25, -0.2) is 0 Å². The minimum atomic E-state index is -0.718. The van der Waals surface area contributed by atoms with Gasteiger partial charge in [-0.3, -0.25) is 9.69 Å². The summed E-state index contributed by atoms with van der Waals surface area (Å²) in [6.45, 7) is 8.69. The van der Waals surface area contributed by atoms with Crippen molar-refractivity contribution in [2.45, 2.75) is 58.5 Å². The minimum absolute atomic E-state index is 0.0539. The van der Waals surface area contributed by atoms with Crippen LogP contribution in [0.1, 0.15) is 47.0 Å². The number of hydrogen-bond donors (Lipinski definition) is 1. The lowest BCUT2D eigenvalue weighted by molar-refractivity contribution is -0.141. The molecule has 0 radical (unpaired) electrons. The highest BCUT2D eigenvalue weighted by Gasteiger charge is 2.35. The predicted molar refractivity (Wildman–Crippen MR) is 60.9 cm³/mol. The van der Waals surface area contributed by atoms with Crippen LogP contribution < -0.4 is 0 Å². The molecule has 2 unspecified atom stereocenters. The summed E-state index contributed by atoms with van der Waals surface area (Å²) in [4.78, 5) is 13.0. The third-order valence-corrected chi connectivity index (χ3v) is 3.38. The van der Waals surface area contributed by atoms with Crippen LogP contribution in [-0.2, 0) is 4.79 Å². The number of rotatable bonds is 3. The van der Waals surface area contributed by atoms with Crippen molar-refractivity contribution in [3.63, 3.8) is 0 Å². The molecule has 0 spiro atoms. The molecule has 0 aromatic carbocycles. The van der Waals surface area contributed by atoms with Gasteiger partial charge in [0.05, 0.1) is 6.54 Å². The van der Waals surface area contributed by atoms with Gasteiger partial charge in [0, 0.05) is 11.6 Å². The summed E-state index contributed by atoms with van der Waals surface area (Å²) < 4.78 is 0. The molecule has 1 aliphatic rings. The number of hydrogen-bond acceptors (Lipinski definition) is 2. The van der Waals surface area contributed by atoms with Crippen LogP contribution in [0.2, 0.25) is 0 Å². The van der Waals surface area contributed by atoms with Crippen molar-refractivity contribution < 1.29 is 9.90 Å². The van der Waals surface area contributed by atoms with E-state index >= 15 is 0 Å². The Kier molecular flexibility index (Phi) is 3.77. The first-order valence-electron chi connectivity index (χ1n) is 5.81. The molecule has 15 heavy (non-hydrogen) atoms. The SMILES string of the molecule is CC1CCCC1N(CC(=O)O)C(C)(C)C. The molecular weight excluding hydrogens is 190 g/mol. The topological polar surface area (TPSA) is 40.5 Å². The zero-order valence-corrected chi connectivity index (χ0v) is 10.3. The van der Waals surface area contributed by atoms with Crippen LogP contribution in [0.25, 0.3) is 0 Å². The Morgan fingerprint density at radius 3 is 2.33 bits per heavy atom. The first kappa shape index (κ1) is 12.5. The Balaban J connectivity index is 2.76. The van der Waals surface area contributed by atoms with E-state index in [1.807, 2.05) is 0 Å². The number of nitrogens with zero attached hydrogens (tertiary/aromatic N) is 1. The lowest BCUT2D eigenvalue weighted by Gasteiger charge is -2.41. The average Bonchev–Trinajstić information content (AvgIpc) is 2.45. The third-order valence-electron chi connectivity index (χ3n) is 3.38. The van der Waals surface area contributed by atoms with Crippen molar-refractivity contribution in [1.82, 2.24) is 4.90 Å². The van der Waals surface area contributed by atoms with Crippen LogP contribution in [0.4, 0.5) is 0 Å². The normalized spacial score (nSPS) is 27.3. The number of carboxylic acids is 1. The Bertz CT molecular complexity index is 232. The molecular formula is C12H23NO2. The first-order valence-corrected chi connectivity index (χ1v) is 5.81. The van der Waals surface area contributed by atoms with Gasteiger partial charge in [-0.05, 0) is 39.5 Å². The highest BCUT2D eigenvalue weighted by Crippen LogP contribution is 2.33.